The highest BCUT2D eigenvalue weighted by molar-refractivity contribution is 7.07. The number of nitrogens with zero attached hydrogens (tertiary/aromatic N) is 3. The summed E-state index contributed by atoms with van der Waals surface area (Å²) in [5, 5.41) is 7.21. The van der Waals surface area contributed by atoms with Crippen LogP contribution in [0.4, 0.5) is 0 Å². The molecule has 0 spiro atoms. The summed E-state index contributed by atoms with van der Waals surface area (Å²) in [6.45, 7) is 1.84. The highest BCUT2D eigenvalue weighted by atomic mass is 32.1. The van der Waals surface area contributed by atoms with Gasteiger partial charge in [-0.15, -0.1) is 5.10 Å². The molecular formula is C12H20N4OS. The van der Waals surface area contributed by atoms with Crippen LogP contribution in [0.25, 0.3) is 0 Å². The Balaban J connectivity index is 1.98. The maximum absolute atomic E-state index is 12.3. The molecule has 1 aromatic heterocycles. The minimum atomic E-state index is 0.0652. The quantitative estimate of drug-likeness (QED) is 0.901. The van der Waals surface area contributed by atoms with Gasteiger partial charge in [-0.1, -0.05) is 4.49 Å². The van der Waals surface area contributed by atoms with E-state index in [1.165, 1.54) is 11.5 Å². The Bertz CT molecular complexity index is 412. The molecule has 1 aliphatic rings. The molecule has 2 rings (SSSR count). The van der Waals surface area contributed by atoms with Crippen LogP contribution in [0.15, 0.2) is 0 Å². The zero-order chi connectivity index (χ0) is 13.1. The highest BCUT2D eigenvalue weighted by Crippen LogP contribution is 2.24. The average Bonchev–Trinajstić information content (AvgIpc) is 2.83. The third-order valence-corrected chi connectivity index (χ3v) is 4.63. The van der Waals surface area contributed by atoms with Gasteiger partial charge < -0.3 is 10.2 Å². The van der Waals surface area contributed by atoms with Crippen LogP contribution in [0, 0.1) is 6.92 Å². The summed E-state index contributed by atoms with van der Waals surface area (Å²) in [6, 6.07) is 0.958. The van der Waals surface area contributed by atoms with Crippen molar-refractivity contribution in [1.82, 2.24) is 19.8 Å². The van der Waals surface area contributed by atoms with Crippen LogP contribution in [0.5, 0.6) is 0 Å². The van der Waals surface area contributed by atoms with Crippen molar-refractivity contribution in [3.63, 3.8) is 0 Å². The van der Waals surface area contributed by atoms with Gasteiger partial charge in [-0.3, -0.25) is 4.79 Å². The minimum absolute atomic E-state index is 0.0652. The van der Waals surface area contributed by atoms with E-state index < -0.39 is 0 Å². The number of nitrogens with one attached hydrogen (secondary N) is 1. The first-order valence-electron chi connectivity index (χ1n) is 6.37. The summed E-state index contributed by atoms with van der Waals surface area (Å²) >= 11 is 1.19. The Hall–Kier alpha value is -1.01. The molecule has 100 valence electrons. The van der Waals surface area contributed by atoms with E-state index >= 15 is 0 Å². The molecule has 1 heterocycles. The standard InChI is InChI=1S/C12H20N4OS/c1-8-11(18-15-14-8)12(17)16(3)10-6-4-9(13-2)5-7-10/h9-10,13H,4-7H2,1-3H3. The first-order chi connectivity index (χ1) is 8.63. The van der Waals surface area contributed by atoms with E-state index in [0.29, 0.717) is 17.0 Å². The molecule has 0 atom stereocenters. The van der Waals surface area contributed by atoms with E-state index in [-0.39, 0.29) is 5.91 Å². The van der Waals surface area contributed by atoms with Crippen molar-refractivity contribution in [3.8, 4) is 0 Å². The molecular weight excluding hydrogens is 248 g/mol. The smallest absolute Gasteiger partial charge is 0.267 e. The number of rotatable bonds is 3. The van der Waals surface area contributed by atoms with Crippen molar-refractivity contribution in [2.24, 2.45) is 0 Å². The van der Waals surface area contributed by atoms with Gasteiger partial charge in [-0.25, -0.2) is 0 Å². The lowest BCUT2D eigenvalue weighted by Crippen LogP contribution is -2.42. The Morgan fingerprint density at radius 3 is 2.56 bits per heavy atom. The topological polar surface area (TPSA) is 58.1 Å². The lowest BCUT2D eigenvalue weighted by Gasteiger charge is -2.34. The van der Waals surface area contributed by atoms with Gasteiger partial charge in [-0.2, -0.15) is 0 Å². The third kappa shape index (κ3) is 2.70. The number of aromatic nitrogens is 2. The van der Waals surface area contributed by atoms with Gasteiger partial charge in [0.15, 0.2) is 0 Å². The van der Waals surface area contributed by atoms with E-state index in [4.69, 9.17) is 0 Å². The Kier molecular flexibility index (Phi) is 4.29. The second-order valence-electron chi connectivity index (χ2n) is 4.90. The Labute approximate surface area is 112 Å². The first-order valence-corrected chi connectivity index (χ1v) is 7.14. The summed E-state index contributed by atoms with van der Waals surface area (Å²) in [7, 11) is 3.90. The number of carbonyl (C=O) groups excluding carboxylic acids is 1. The summed E-state index contributed by atoms with van der Waals surface area (Å²) < 4.78 is 3.83. The normalized spacial score (nSPS) is 23.9. The van der Waals surface area contributed by atoms with Crippen LogP contribution in [0.2, 0.25) is 0 Å². The second-order valence-corrected chi connectivity index (χ2v) is 5.65. The number of aryl methyl sites for hydroxylation is 1. The van der Waals surface area contributed by atoms with Crippen molar-refractivity contribution in [3.05, 3.63) is 10.6 Å². The summed E-state index contributed by atoms with van der Waals surface area (Å²) in [5.74, 6) is 0.0652. The van der Waals surface area contributed by atoms with Crippen molar-refractivity contribution < 1.29 is 4.79 Å². The molecule has 18 heavy (non-hydrogen) atoms. The van der Waals surface area contributed by atoms with Gasteiger partial charge in [0.1, 0.15) is 4.88 Å². The van der Waals surface area contributed by atoms with Gasteiger partial charge in [0, 0.05) is 19.1 Å². The molecule has 0 saturated heterocycles. The van der Waals surface area contributed by atoms with Gasteiger partial charge >= 0.3 is 0 Å². The zero-order valence-electron chi connectivity index (χ0n) is 11.1. The van der Waals surface area contributed by atoms with E-state index in [9.17, 15) is 4.79 Å². The molecule has 1 fully saturated rings. The predicted molar refractivity (Wildman–Crippen MR) is 71.8 cm³/mol. The number of hydrogen-bond donors (Lipinski definition) is 1. The fourth-order valence-electron chi connectivity index (χ4n) is 2.51. The molecule has 0 aliphatic heterocycles. The van der Waals surface area contributed by atoms with Crippen LogP contribution in [-0.2, 0) is 0 Å². The maximum Gasteiger partial charge on any atom is 0.267 e. The maximum atomic E-state index is 12.3. The molecule has 1 amide bonds. The van der Waals surface area contributed by atoms with Crippen LogP contribution < -0.4 is 5.32 Å². The van der Waals surface area contributed by atoms with Crippen LogP contribution in [0.1, 0.15) is 41.0 Å². The lowest BCUT2D eigenvalue weighted by atomic mass is 9.90. The van der Waals surface area contributed by atoms with Crippen molar-refractivity contribution >= 4 is 17.4 Å². The SMILES string of the molecule is CNC1CCC(N(C)C(=O)c2snnc2C)CC1. The van der Waals surface area contributed by atoms with Gasteiger partial charge in [-0.05, 0) is 51.2 Å². The van der Waals surface area contributed by atoms with Crippen LogP contribution in [0.3, 0.4) is 0 Å². The Morgan fingerprint density at radius 1 is 1.39 bits per heavy atom. The van der Waals surface area contributed by atoms with Crippen molar-refractivity contribution in [1.29, 1.82) is 0 Å². The van der Waals surface area contributed by atoms with Crippen LogP contribution >= 0.6 is 11.5 Å². The molecule has 0 radical (unpaired) electrons. The van der Waals surface area contributed by atoms with E-state index in [0.717, 1.165) is 31.4 Å². The molecule has 0 bridgehead atoms. The molecule has 1 aliphatic carbocycles. The number of carbonyl (C=O) groups is 1. The van der Waals surface area contributed by atoms with Crippen molar-refractivity contribution in [2.45, 2.75) is 44.7 Å². The predicted octanol–water partition coefficient (Wildman–Crippen LogP) is 1.45. The summed E-state index contributed by atoms with van der Waals surface area (Å²) in [4.78, 5) is 14.9. The van der Waals surface area contributed by atoms with E-state index in [2.05, 4.69) is 14.9 Å². The Morgan fingerprint density at radius 2 is 2.06 bits per heavy atom. The lowest BCUT2D eigenvalue weighted by molar-refractivity contribution is 0.0689. The fraction of sp³-hybridized carbons (Fsp3) is 0.750. The highest BCUT2D eigenvalue weighted by Gasteiger charge is 2.28. The second kappa shape index (κ2) is 5.75. The zero-order valence-corrected chi connectivity index (χ0v) is 12.0. The molecule has 1 aromatic rings. The fourth-order valence-corrected chi connectivity index (χ4v) is 3.15. The monoisotopic (exact) mass is 268 g/mol. The van der Waals surface area contributed by atoms with Crippen molar-refractivity contribution in [2.75, 3.05) is 14.1 Å². The largest absolute Gasteiger partial charge is 0.338 e. The molecule has 5 nitrogen and oxygen atoms in total. The van der Waals surface area contributed by atoms with E-state index in [1.807, 2.05) is 25.9 Å². The summed E-state index contributed by atoms with van der Waals surface area (Å²) in [5.41, 5.74) is 0.737. The van der Waals surface area contributed by atoms with Crippen LogP contribution in [-0.4, -0.2) is 46.6 Å². The minimum Gasteiger partial charge on any atom is -0.338 e. The molecule has 0 aromatic carbocycles. The first kappa shape index (κ1) is 13.4. The molecule has 0 unspecified atom stereocenters. The molecule has 1 N–H and O–H groups in total. The van der Waals surface area contributed by atoms with E-state index in [1.54, 1.807) is 0 Å². The van der Waals surface area contributed by atoms with Gasteiger partial charge in [0.2, 0.25) is 0 Å². The average molecular weight is 268 g/mol. The van der Waals surface area contributed by atoms with Gasteiger partial charge in [0.05, 0.1) is 5.69 Å². The third-order valence-electron chi connectivity index (χ3n) is 3.82. The number of hydrogen-bond acceptors (Lipinski definition) is 5. The summed E-state index contributed by atoms with van der Waals surface area (Å²) in [6.07, 6.45) is 4.41. The molecule has 1 saturated carbocycles. The van der Waals surface area contributed by atoms with Gasteiger partial charge in [0.25, 0.3) is 5.91 Å². The molecule has 6 heteroatoms. The number of amides is 1.